The average Bonchev–Trinajstić information content (AvgIpc) is 3.29. The molecule has 0 bridgehead atoms. The molecule has 1 aliphatic rings. The number of unbranched alkanes of at least 4 members (excludes halogenated alkanes) is 3. The number of nitrogens with zero attached hydrogens (tertiary/aromatic N) is 1. The third kappa shape index (κ3) is 6.77. The molecule has 2 unspecified atom stereocenters. The number of benzene rings is 2. The summed E-state index contributed by atoms with van der Waals surface area (Å²) in [4.78, 5) is 4.65. The van der Waals surface area contributed by atoms with E-state index < -0.39 is 11.1 Å². The van der Waals surface area contributed by atoms with Gasteiger partial charge in [-0.1, -0.05) is 48.7 Å². The Kier molecular flexibility index (Phi) is 9.33. The van der Waals surface area contributed by atoms with Gasteiger partial charge in [0.05, 0.1) is 17.5 Å². The zero-order valence-electron chi connectivity index (χ0n) is 17.8. The lowest BCUT2D eigenvalue weighted by atomic mass is 9.96. The largest absolute Gasteiger partial charge is 0.479 e. The van der Waals surface area contributed by atoms with Crippen molar-refractivity contribution in [2.45, 2.75) is 43.0 Å². The summed E-state index contributed by atoms with van der Waals surface area (Å²) in [5.41, 5.74) is 2.75. The highest BCUT2D eigenvalue weighted by molar-refractivity contribution is 7.79. The maximum Gasteiger partial charge on any atom is 0.186 e. The molecule has 8 heteroatoms. The third-order valence-electron chi connectivity index (χ3n) is 5.33. The number of ether oxygens (including phenoxy) is 1. The molecule has 2 atom stereocenters. The van der Waals surface area contributed by atoms with Gasteiger partial charge in [-0.25, -0.2) is 4.21 Å². The highest BCUT2D eigenvalue weighted by Crippen LogP contribution is 2.33. The number of anilines is 1. The molecule has 0 aromatic heterocycles. The molecule has 2 aromatic rings. The Morgan fingerprint density at radius 3 is 2.71 bits per heavy atom. The topological polar surface area (TPSA) is 83.0 Å². The summed E-state index contributed by atoms with van der Waals surface area (Å²) in [6, 6.07) is 12.9. The first kappa shape index (κ1) is 23.7. The van der Waals surface area contributed by atoms with Crippen molar-refractivity contribution in [3.63, 3.8) is 0 Å². The van der Waals surface area contributed by atoms with Gasteiger partial charge in [0.25, 0.3) is 0 Å². The van der Waals surface area contributed by atoms with Crippen LogP contribution in [0.3, 0.4) is 0 Å². The molecule has 0 fully saturated rings. The Balaban J connectivity index is 1.67. The first-order valence-electron chi connectivity index (χ1n) is 10.7. The Morgan fingerprint density at radius 2 is 1.97 bits per heavy atom. The zero-order chi connectivity index (χ0) is 22.1. The van der Waals surface area contributed by atoms with Crippen LogP contribution in [0.25, 0.3) is 0 Å². The molecule has 1 aliphatic heterocycles. The molecule has 6 nitrogen and oxygen atoms in total. The van der Waals surface area contributed by atoms with Crippen molar-refractivity contribution in [2.75, 3.05) is 32.1 Å². The smallest absolute Gasteiger partial charge is 0.186 e. The van der Waals surface area contributed by atoms with Crippen LogP contribution in [0.1, 0.15) is 49.3 Å². The van der Waals surface area contributed by atoms with Gasteiger partial charge >= 0.3 is 0 Å². The SMILES string of the molecule is CNc1ccccc1C(NCCCCCCC1=NCCO1)c1ccc(Cl)cc1S(=O)O. The van der Waals surface area contributed by atoms with E-state index in [-0.39, 0.29) is 6.04 Å². The van der Waals surface area contributed by atoms with Crippen LogP contribution in [0.15, 0.2) is 52.4 Å². The minimum atomic E-state index is -2.13. The lowest BCUT2D eigenvalue weighted by Gasteiger charge is -2.24. The van der Waals surface area contributed by atoms with E-state index in [4.69, 9.17) is 16.3 Å². The second-order valence-electron chi connectivity index (χ2n) is 7.44. The van der Waals surface area contributed by atoms with Crippen LogP contribution < -0.4 is 10.6 Å². The highest BCUT2D eigenvalue weighted by atomic mass is 35.5. The van der Waals surface area contributed by atoms with Gasteiger partial charge in [0, 0.05) is 24.2 Å². The summed E-state index contributed by atoms with van der Waals surface area (Å²) in [5.74, 6) is 0.897. The summed E-state index contributed by atoms with van der Waals surface area (Å²) in [5, 5.41) is 7.26. The standard InChI is InChI=1S/C23H30ClN3O3S/c1-25-20-9-6-5-8-18(20)23(19-12-11-17(24)16-21(19)31(28)29)27-13-7-3-2-4-10-22-26-14-15-30-22/h5-6,8-9,11-12,16,23,25,27H,2-4,7,10,13-15H2,1H3,(H,28,29). The minimum absolute atomic E-state index is 0.228. The molecule has 0 spiro atoms. The van der Waals surface area contributed by atoms with Crippen molar-refractivity contribution >= 4 is 34.3 Å². The monoisotopic (exact) mass is 463 g/mol. The summed E-state index contributed by atoms with van der Waals surface area (Å²) < 4.78 is 27.3. The number of nitrogens with one attached hydrogen (secondary N) is 2. The van der Waals surface area contributed by atoms with Gasteiger partial charge in [-0.05, 0) is 48.7 Å². The van der Waals surface area contributed by atoms with E-state index in [2.05, 4.69) is 15.6 Å². The van der Waals surface area contributed by atoms with Crippen molar-refractivity contribution in [3.05, 3.63) is 58.6 Å². The van der Waals surface area contributed by atoms with E-state index in [9.17, 15) is 8.76 Å². The molecular formula is C23H30ClN3O3S. The van der Waals surface area contributed by atoms with Gasteiger partial charge in [-0.2, -0.15) is 0 Å². The second-order valence-corrected chi connectivity index (χ2v) is 8.82. The van der Waals surface area contributed by atoms with Gasteiger partial charge in [0.15, 0.2) is 17.0 Å². The highest BCUT2D eigenvalue weighted by Gasteiger charge is 2.22. The van der Waals surface area contributed by atoms with Gasteiger partial charge in [0.1, 0.15) is 6.61 Å². The third-order valence-corrected chi connectivity index (χ3v) is 6.29. The number of hydrogen-bond acceptors (Lipinski definition) is 5. The van der Waals surface area contributed by atoms with E-state index in [1.807, 2.05) is 37.4 Å². The fraction of sp³-hybridized carbons (Fsp3) is 0.435. The van der Waals surface area contributed by atoms with Crippen LogP contribution in [0, 0.1) is 0 Å². The number of para-hydroxylation sites is 1. The predicted molar refractivity (Wildman–Crippen MR) is 128 cm³/mol. The molecule has 0 saturated heterocycles. The molecule has 0 radical (unpaired) electrons. The molecule has 2 aromatic carbocycles. The quantitative estimate of drug-likeness (QED) is 0.304. The van der Waals surface area contributed by atoms with E-state index in [1.54, 1.807) is 12.1 Å². The van der Waals surface area contributed by atoms with Crippen molar-refractivity contribution in [2.24, 2.45) is 4.99 Å². The zero-order valence-corrected chi connectivity index (χ0v) is 19.3. The summed E-state index contributed by atoms with van der Waals surface area (Å²) in [6.45, 7) is 2.31. The fourth-order valence-corrected chi connectivity index (χ4v) is 4.65. The maximum absolute atomic E-state index is 12.0. The Morgan fingerprint density at radius 1 is 1.16 bits per heavy atom. The molecular weight excluding hydrogens is 434 g/mol. The molecule has 0 saturated carbocycles. The summed E-state index contributed by atoms with van der Waals surface area (Å²) in [7, 11) is 1.88. The summed E-state index contributed by atoms with van der Waals surface area (Å²) >= 11 is 3.96. The van der Waals surface area contributed by atoms with E-state index in [1.165, 1.54) is 0 Å². The van der Waals surface area contributed by atoms with Crippen LogP contribution in [-0.2, 0) is 15.8 Å². The van der Waals surface area contributed by atoms with Crippen LogP contribution in [-0.4, -0.2) is 41.4 Å². The Labute approximate surface area is 191 Å². The molecule has 31 heavy (non-hydrogen) atoms. The Hall–Kier alpha value is -1.93. The average molecular weight is 464 g/mol. The fourth-order valence-electron chi connectivity index (χ4n) is 3.79. The van der Waals surface area contributed by atoms with Gasteiger partial charge in [-0.15, -0.1) is 0 Å². The lowest BCUT2D eigenvalue weighted by Crippen LogP contribution is -2.25. The van der Waals surface area contributed by atoms with Crippen LogP contribution in [0.2, 0.25) is 5.02 Å². The van der Waals surface area contributed by atoms with Crippen molar-refractivity contribution in [3.8, 4) is 0 Å². The van der Waals surface area contributed by atoms with Gasteiger partial charge in [-0.3, -0.25) is 4.99 Å². The second kappa shape index (κ2) is 12.2. The first-order chi connectivity index (χ1) is 15.1. The summed E-state index contributed by atoms with van der Waals surface area (Å²) in [6.07, 6.45) is 5.23. The van der Waals surface area contributed by atoms with Gasteiger partial charge in [0.2, 0.25) is 0 Å². The normalized spacial score (nSPS) is 15.3. The number of hydrogen-bond donors (Lipinski definition) is 3. The minimum Gasteiger partial charge on any atom is -0.479 e. The molecule has 0 aliphatic carbocycles. The molecule has 168 valence electrons. The molecule has 0 amide bonds. The number of rotatable bonds is 12. The Bertz CT molecular complexity index is 923. The van der Waals surface area contributed by atoms with Crippen molar-refractivity contribution < 1.29 is 13.5 Å². The van der Waals surface area contributed by atoms with Crippen LogP contribution in [0.5, 0.6) is 0 Å². The van der Waals surface area contributed by atoms with Crippen molar-refractivity contribution in [1.29, 1.82) is 0 Å². The lowest BCUT2D eigenvalue weighted by molar-refractivity contribution is 0.336. The molecule has 3 N–H and O–H groups in total. The van der Waals surface area contributed by atoms with E-state index in [0.717, 1.165) is 74.5 Å². The van der Waals surface area contributed by atoms with E-state index >= 15 is 0 Å². The molecule has 1 heterocycles. The van der Waals surface area contributed by atoms with Crippen molar-refractivity contribution in [1.82, 2.24) is 5.32 Å². The number of aliphatic imine (C=N–C) groups is 1. The first-order valence-corrected chi connectivity index (χ1v) is 12.1. The van der Waals surface area contributed by atoms with Crippen LogP contribution >= 0.6 is 11.6 Å². The predicted octanol–water partition coefficient (Wildman–Crippen LogP) is 5.02. The maximum atomic E-state index is 12.0. The number of halogens is 1. The molecule has 3 rings (SSSR count). The van der Waals surface area contributed by atoms with Crippen LogP contribution in [0.4, 0.5) is 5.69 Å². The van der Waals surface area contributed by atoms with E-state index in [0.29, 0.717) is 9.92 Å². The van der Waals surface area contributed by atoms with Gasteiger partial charge < -0.3 is 19.9 Å².